The van der Waals surface area contributed by atoms with Crippen molar-refractivity contribution in [2.24, 2.45) is 0 Å². The second kappa shape index (κ2) is 4.98. The number of halogens is 2. The summed E-state index contributed by atoms with van der Waals surface area (Å²) in [4.78, 5) is 6.98. The first-order valence-electron chi connectivity index (χ1n) is 4.94. The Bertz CT molecular complexity index is 706. The highest BCUT2D eigenvalue weighted by molar-refractivity contribution is 7.92. The zero-order valence-electron chi connectivity index (χ0n) is 9.34. The molecule has 19 heavy (non-hydrogen) atoms. The zero-order valence-corrected chi connectivity index (χ0v) is 10.9. The summed E-state index contributed by atoms with van der Waals surface area (Å²) in [5.74, 6) is -0.609. The van der Waals surface area contributed by atoms with Gasteiger partial charge in [-0.2, -0.15) is 0 Å². The molecule has 1 heterocycles. The highest BCUT2D eigenvalue weighted by Gasteiger charge is 2.16. The molecule has 1 aromatic heterocycles. The Balaban J connectivity index is 2.33. The molecule has 0 bridgehead atoms. The molecule has 9 heteroatoms. The number of aromatic nitrogens is 2. The lowest BCUT2D eigenvalue weighted by molar-refractivity contribution is 0.600. The number of hydrogen-bond donors (Lipinski definition) is 2. The van der Waals surface area contributed by atoms with Crippen LogP contribution in [0.15, 0.2) is 35.5 Å². The van der Waals surface area contributed by atoms with Gasteiger partial charge in [0.05, 0.1) is 23.1 Å². The maximum Gasteiger partial charge on any atom is 0.265 e. The van der Waals surface area contributed by atoms with Gasteiger partial charge in [0.25, 0.3) is 10.0 Å². The molecule has 2 rings (SSSR count). The first-order valence-corrected chi connectivity index (χ1v) is 6.80. The molecule has 0 radical (unpaired) electrons. The largest absolute Gasteiger partial charge is 0.368 e. The van der Waals surface area contributed by atoms with Crippen molar-refractivity contribution < 1.29 is 12.8 Å². The van der Waals surface area contributed by atoms with Crippen LogP contribution < -0.4 is 10.5 Å². The molecule has 100 valence electrons. The van der Waals surface area contributed by atoms with E-state index in [-0.39, 0.29) is 21.6 Å². The lowest BCUT2D eigenvalue weighted by Crippen LogP contribution is -2.14. The van der Waals surface area contributed by atoms with E-state index >= 15 is 0 Å². The number of nitrogens with one attached hydrogen (secondary N) is 1. The van der Waals surface area contributed by atoms with Gasteiger partial charge in [0.15, 0.2) is 0 Å². The average Bonchev–Trinajstić information content (AvgIpc) is 2.33. The Morgan fingerprint density at radius 3 is 2.47 bits per heavy atom. The SMILES string of the molecule is Nc1ncc(S(=O)(=O)Nc2ccc(F)cc2Cl)cn1. The molecule has 6 nitrogen and oxygen atoms in total. The van der Waals surface area contributed by atoms with Crippen molar-refractivity contribution in [3.63, 3.8) is 0 Å². The number of benzene rings is 1. The van der Waals surface area contributed by atoms with Crippen LogP contribution in [-0.2, 0) is 10.0 Å². The first-order chi connectivity index (χ1) is 8.88. The molecular formula is C10H8ClFN4O2S. The summed E-state index contributed by atoms with van der Waals surface area (Å²) in [7, 11) is -3.90. The fourth-order valence-electron chi connectivity index (χ4n) is 1.24. The highest BCUT2D eigenvalue weighted by atomic mass is 35.5. The Morgan fingerprint density at radius 1 is 1.26 bits per heavy atom. The molecule has 0 spiro atoms. The number of hydrogen-bond acceptors (Lipinski definition) is 5. The number of nitrogens with two attached hydrogens (primary N) is 1. The van der Waals surface area contributed by atoms with Gasteiger partial charge in [-0.3, -0.25) is 4.72 Å². The van der Waals surface area contributed by atoms with E-state index in [0.29, 0.717) is 0 Å². The summed E-state index contributed by atoms with van der Waals surface area (Å²) in [5, 5.41) is -0.0556. The van der Waals surface area contributed by atoms with Crippen LogP contribution in [0.4, 0.5) is 16.0 Å². The van der Waals surface area contributed by atoms with Gasteiger partial charge in [-0.25, -0.2) is 22.8 Å². The van der Waals surface area contributed by atoms with E-state index in [4.69, 9.17) is 17.3 Å². The Kier molecular flexibility index (Phi) is 3.54. The van der Waals surface area contributed by atoms with Crippen LogP contribution in [0.3, 0.4) is 0 Å². The van der Waals surface area contributed by atoms with Gasteiger partial charge in [-0.05, 0) is 18.2 Å². The van der Waals surface area contributed by atoms with E-state index in [1.165, 1.54) is 6.07 Å². The lowest BCUT2D eigenvalue weighted by Gasteiger charge is -2.09. The smallest absolute Gasteiger partial charge is 0.265 e. The summed E-state index contributed by atoms with van der Waals surface area (Å²) in [6, 6.07) is 3.30. The summed E-state index contributed by atoms with van der Waals surface area (Å²) < 4.78 is 39.0. The van der Waals surface area contributed by atoms with Crippen molar-refractivity contribution in [2.45, 2.75) is 4.90 Å². The van der Waals surface area contributed by atoms with Gasteiger partial charge in [0, 0.05) is 0 Å². The van der Waals surface area contributed by atoms with Crippen molar-refractivity contribution in [2.75, 3.05) is 10.5 Å². The van der Waals surface area contributed by atoms with Gasteiger partial charge in [0.2, 0.25) is 5.95 Å². The summed E-state index contributed by atoms with van der Waals surface area (Å²) in [6.45, 7) is 0. The third-order valence-electron chi connectivity index (χ3n) is 2.13. The van der Waals surface area contributed by atoms with Gasteiger partial charge in [-0.1, -0.05) is 11.6 Å². The van der Waals surface area contributed by atoms with Gasteiger partial charge < -0.3 is 5.73 Å². The number of rotatable bonds is 3. The van der Waals surface area contributed by atoms with E-state index in [2.05, 4.69) is 14.7 Å². The first kappa shape index (κ1) is 13.5. The van der Waals surface area contributed by atoms with Crippen molar-refractivity contribution in [3.8, 4) is 0 Å². The number of nitrogen functional groups attached to an aromatic ring is 1. The molecule has 0 atom stereocenters. The van der Waals surface area contributed by atoms with E-state index in [1.807, 2.05) is 0 Å². The van der Waals surface area contributed by atoms with Crippen LogP contribution in [0.1, 0.15) is 0 Å². The molecule has 0 saturated heterocycles. The van der Waals surface area contributed by atoms with Gasteiger partial charge >= 0.3 is 0 Å². The zero-order chi connectivity index (χ0) is 14.0. The predicted molar refractivity (Wildman–Crippen MR) is 68.7 cm³/mol. The van der Waals surface area contributed by atoms with E-state index < -0.39 is 15.8 Å². The third kappa shape index (κ3) is 3.09. The predicted octanol–water partition coefficient (Wildman–Crippen LogP) is 1.65. The average molecular weight is 303 g/mol. The number of anilines is 2. The fraction of sp³-hybridized carbons (Fsp3) is 0. The third-order valence-corrected chi connectivity index (χ3v) is 3.77. The van der Waals surface area contributed by atoms with Crippen LogP contribution in [0, 0.1) is 5.82 Å². The van der Waals surface area contributed by atoms with E-state index in [1.54, 1.807) is 0 Å². The van der Waals surface area contributed by atoms with Crippen LogP contribution in [0.2, 0.25) is 5.02 Å². The topological polar surface area (TPSA) is 98.0 Å². The van der Waals surface area contributed by atoms with E-state index in [9.17, 15) is 12.8 Å². The van der Waals surface area contributed by atoms with Crippen molar-refractivity contribution in [1.82, 2.24) is 9.97 Å². The molecule has 0 aliphatic carbocycles. The minimum atomic E-state index is -3.90. The van der Waals surface area contributed by atoms with Gasteiger partial charge in [-0.15, -0.1) is 0 Å². The van der Waals surface area contributed by atoms with Crippen molar-refractivity contribution in [3.05, 3.63) is 41.4 Å². The minimum Gasteiger partial charge on any atom is -0.368 e. The molecule has 0 amide bonds. The number of nitrogens with zero attached hydrogens (tertiary/aromatic N) is 2. The molecule has 0 aliphatic rings. The van der Waals surface area contributed by atoms with Gasteiger partial charge in [0.1, 0.15) is 10.7 Å². The van der Waals surface area contributed by atoms with Crippen molar-refractivity contribution >= 4 is 33.3 Å². The second-order valence-electron chi connectivity index (χ2n) is 3.51. The normalized spacial score (nSPS) is 11.3. The Labute approximate surface area is 113 Å². The minimum absolute atomic E-state index is 0.0428. The molecule has 3 N–H and O–H groups in total. The lowest BCUT2D eigenvalue weighted by atomic mass is 10.3. The maximum absolute atomic E-state index is 12.9. The monoisotopic (exact) mass is 302 g/mol. The van der Waals surface area contributed by atoms with Crippen LogP contribution in [0.5, 0.6) is 0 Å². The van der Waals surface area contributed by atoms with Crippen LogP contribution in [-0.4, -0.2) is 18.4 Å². The number of sulfonamides is 1. The van der Waals surface area contributed by atoms with Crippen molar-refractivity contribution in [1.29, 1.82) is 0 Å². The molecule has 0 saturated carbocycles. The molecular weight excluding hydrogens is 295 g/mol. The standard InChI is InChI=1S/C10H8ClFN4O2S/c11-8-3-6(12)1-2-9(8)16-19(17,18)7-4-14-10(13)15-5-7/h1-5,16H,(H2,13,14,15). The highest BCUT2D eigenvalue weighted by Crippen LogP contribution is 2.24. The summed E-state index contributed by atoms with van der Waals surface area (Å²) >= 11 is 5.73. The van der Waals surface area contributed by atoms with Crippen LogP contribution in [0.25, 0.3) is 0 Å². The summed E-state index contributed by atoms with van der Waals surface area (Å²) in [6.07, 6.45) is 2.12. The molecule has 0 unspecified atom stereocenters. The molecule has 0 aliphatic heterocycles. The van der Waals surface area contributed by atoms with Crippen LogP contribution >= 0.6 is 11.6 Å². The molecule has 2 aromatic rings. The Morgan fingerprint density at radius 2 is 1.89 bits per heavy atom. The molecule has 1 aromatic carbocycles. The maximum atomic E-state index is 12.9. The Hall–Kier alpha value is -1.93. The second-order valence-corrected chi connectivity index (χ2v) is 5.60. The molecule has 0 fully saturated rings. The summed E-state index contributed by atoms with van der Waals surface area (Å²) in [5.41, 5.74) is 5.32. The van der Waals surface area contributed by atoms with E-state index in [0.717, 1.165) is 24.5 Å². The fourth-order valence-corrected chi connectivity index (χ4v) is 2.48. The quantitative estimate of drug-likeness (QED) is 0.898.